The number of thiazole rings is 1. The Morgan fingerprint density at radius 3 is 2.84 bits per heavy atom. The molecule has 0 bridgehead atoms. The second kappa shape index (κ2) is 6.96. The highest BCUT2D eigenvalue weighted by Gasteiger charge is 2.31. The van der Waals surface area contributed by atoms with Gasteiger partial charge < -0.3 is 9.80 Å². The molecule has 1 unspecified atom stereocenters. The molecular formula is C19H22ClN3OS. The minimum absolute atomic E-state index is 0.130. The van der Waals surface area contributed by atoms with E-state index in [-0.39, 0.29) is 5.92 Å². The van der Waals surface area contributed by atoms with Crippen LogP contribution in [0.2, 0.25) is 5.02 Å². The van der Waals surface area contributed by atoms with Crippen molar-refractivity contribution in [2.24, 2.45) is 5.92 Å². The van der Waals surface area contributed by atoms with Crippen LogP contribution in [0.5, 0.6) is 0 Å². The largest absolute Gasteiger partial charge is 0.368 e. The lowest BCUT2D eigenvalue weighted by Gasteiger charge is -2.38. The molecule has 1 fully saturated rings. The SMILES string of the molecule is Cc1nc2c(s1)CC(C(=O)N1CCN(c3cccc(Cl)c3)CC1)CC2. The summed E-state index contributed by atoms with van der Waals surface area (Å²) in [6, 6.07) is 7.95. The van der Waals surface area contributed by atoms with Crippen molar-refractivity contribution in [1.82, 2.24) is 9.88 Å². The zero-order valence-corrected chi connectivity index (χ0v) is 15.9. The number of nitrogens with zero attached hydrogens (tertiary/aromatic N) is 3. The van der Waals surface area contributed by atoms with Gasteiger partial charge in [0.1, 0.15) is 0 Å². The molecule has 25 heavy (non-hydrogen) atoms. The van der Waals surface area contributed by atoms with E-state index in [1.807, 2.05) is 23.1 Å². The van der Waals surface area contributed by atoms with E-state index in [4.69, 9.17) is 11.6 Å². The maximum Gasteiger partial charge on any atom is 0.226 e. The second-order valence-electron chi connectivity index (χ2n) is 6.83. The summed E-state index contributed by atoms with van der Waals surface area (Å²) in [5, 5.41) is 1.88. The molecule has 2 heterocycles. The van der Waals surface area contributed by atoms with Gasteiger partial charge >= 0.3 is 0 Å². The van der Waals surface area contributed by atoms with Gasteiger partial charge in [0.25, 0.3) is 0 Å². The zero-order chi connectivity index (χ0) is 17.4. The number of aromatic nitrogens is 1. The fourth-order valence-electron chi connectivity index (χ4n) is 3.83. The van der Waals surface area contributed by atoms with Gasteiger partial charge in [-0.05, 0) is 44.4 Å². The van der Waals surface area contributed by atoms with Crippen molar-refractivity contribution in [3.8, 4) is 0 Å². The minimum atomic E-state index is 0.130. The summed E-state index contributed by atoms with van der Waals surface area (Å²) in [6.07, 6.45) is 2.75. The number of aryl methyl sites for hydroxylation is 2. The van der Waals surface area contributed by atoms with E-state index in [1.54, 1.807) is 11.3 Å². The number of anilines is 1. The summed E-state index contributed by atoms with van der Waals surface area (Å²) in [4.78, 5) is 23.2. The van der Waals surface area contributed by atoms with Gasteiger partial charge in [-0.3, -0.25) is 4.79 Å². The van der Waals surface area contributed by atoms with Crippen LogP contribution >= 0.6 is 22.9 Å². The van der Waals surface area contributed by atoms with Crippen molar-refractivity contribution in [3.63, 3.8) is 0 Å². The van der Waals surface area contributed by atoms with E-state index >= 15 is 0 Å². The molecule has 0 radical (unpaired) electrons. The normalized spacial score (nSPS) is 20.5. The molecule has 6 heteroatoms. The number of carbonyl (C=O) groups is 1. The van der Waals surface area contributed by atoms with Gasteiger partial charge in [-0.2, -0.15) is 0 Å². The van der Waals surface area contributed by atoms with Crippen LogP contribution in [0.15, 0.2) is 24.3 Å². The van der Waals surface area contributed by atoms with Crippen molar-refractivity contribution in [2.45, 2.75) is 26.2 Å². The predicted molar refractivity (Wildman–Crippen MR) is 103 cm³/mol. The lowest BCUT2D eigenvalue weighted by molar-refractivity contribution is -0.136. The van der Waals surface area contributed by atoms with Gasteiger partial charge in [-0.15, -0.1) is 11.3 Å². The van der Waals surface area contributed by atoms with Gasteiger partial charge in [0.15, 0.2) is 0 Å². The first kappa shape index (κ1) is 16.9. The maximum atomic E-state index is 12.9. The van der Waals surface area contributed by atoms with Crippen molar-refractivity contribution < 1.29 is 4.79 Å². The van der Waals surface area contributed by atoms with Gasteiger partial charge in [0.05, 0.1) is 10.7 Å². The molecule has 0 N–H and O–H groups in total. The van der Waals surface area contributed by atoms with Crippen LogP contribution in [0.3, 0.4) is 0 Å². The lowest BCUT2D eigenvalue weighted by atomic mass is 9.90. The molecular weight excluding hydrogens is 354 g/mol. The molecule has 4 rings (SSSR count). The van der Waals surface area contributed by atoms with Crippen LogP contribution in [-0.4, -0.2) is 42.0 Å². The Kier molecular flexibility index (Phi) is 4.69. The summed E-state index contributed by atoms with van der Waals surface area (Å²) in [7, 11) is 0. The molecule has 2 aliphatic rings. The maximum absolute atomic E-state index is 12.9. The molecule has 1 amide bonds. The molecule has 0 spiro atoms. The number of hydrogen-bond acceptors (Lipinski definition) is 4. The Morgan fingerprint density at radius 1 is 1.28 bits per heavy atom. The van der Waals surface area contributed by atoms with E-state index in [9.17, 15) is 4.79 Å². The summed E-state index contributed by atoms with van der Waals surface area (Å²) in [5.74, 6) is 0.451. The highest BCUT2D eigenvalue weighted by molar-refractivity contribution is 7.11. The molecule has 0 saturated carbocycles. The lowest BCUT2D eigenvalue weighted by Crippen LogP contribution is -2.51. The van der Waals surface area contributed by atoms with Crippen molar-refractivity contribution >= 4 is 34.5 Å². The number of fused-ring (bicyclic) bond motifs is 1. The summed E-state index contributed by atoms with van der Waals surface area (Å²) >= 11 is 7.85. The van der Waals surface area contributed by atoms with Crippen molar-refractivity contribution in [2.75, 3.05) is 31.1 Å². The van der Waals surface area contributed by atoms with Crippen molar-refractivity contribution in [3.05, 3.63) is 44.9 Å². The number of halogens is 1. The van der Waals surface area contributed by atoms with Crippen LogP contribution in [0.25, 0.3) is 0 Å². The van der Waals surface area contributed by atoms with Gasteiger partial charge in [0, 0.05) is 47.7 Å². The molecule has 1 atom stereocenters. The predicted octanol–water partition coefficient (Wildman–Crippen LogP) is 3.56. The number of benzene rings is 1. The van der Waals surface area contributed by atoms with E-state index in [1.165, 1.54) is 10.6 Å². The summed E-state index contributed by atoms with van der Waals surface area (Å²) < 4.78 is 0. The van der Waals surface area contributed by atoms with Gasteiger partial charge in [-0.1, -0.05) is 17.7 Å². The number of rotatable bonds is 2. The van der Waals surface area contributed by atoms with Crippen LogP contribution in [0.4, 0.5) is 5.69 Å². The quantitative estimate of drug-likeness (QED) is 0.805. The Hall–Kier alpha value is -1.59. The van der Waals surface area contributed by atoms with Crippen LogP contribution in [-0.2, 0) is 17.6 Å². The third-order valence-electron chi connectivity index (χ3n) is 5.16. The Balaban J connectivity index is 1.37. The molecule has 4 nitrogen and oxygen atoms in total. The first-order valence-corrected chi connectivity index (χ1v) is 10.0. The first-order chi connectivity index (χ1) is 12.1. The van der Waals surface area contributed by atoms with Crippen LogP contribution in [0, 0.1) is 12.8 Å². The number of amides is 1. The van der Waals surface area contributed by atoms with Gasteiger partial charge in [-0.25, -0.2) is 4.98 Å². The van der Waals surface area contributed by atoms with E-state index in [0.29, 0.717) is 5.91 Å². The topological polar surface area (TPSA) is 36.4 Å². The smallest absolute Gasteiger partial charge is 0.226 e. The average molecular weight is 376 g/mol. The second-order valence-corrected chi connectivity index (χ2v) is 8.56. The number of hydrogen-bond donors (Lipinski definition) is 0. The molecule has 1 aliphatic heterocycles. The summed E-state index contributed by atoms with van der Waals surface area (Å²) in [6.45, 7) is 5.36. The van der Waals surface area contributed by atoms with E-state index in [2.05, 4.69) is 22.9 Å². The number of carbonyl (C=O) groups excluding carboxylic acids is 1. The summed E-state index contributed by atoms with van der Waals surface area (Å²) in [5.41, 5.74) is 2.36. The monoisotopic (exact) mass is 375 g/mol. The van der Waals surface area contributed by atoms with E-state index < -0.39 is 0 Å². The Bertz CT molecular complexity index is 783. The van der Waals surface area contributed by atoms with Crippen LogP contribution < -0.4 is 4.90 Å². The fraction of sp³-hybridized carbons (Fsp3) is 0.474. The zero-order valence-electron chi connectivity index (χ0n) is 14.4. The molecule has 1 aromatic heterocycles. The molecule has 1 aromatic carbocycles. The fourth-order valence-corrected chi connectivity index (χ4v) is 5.08. The minimum Gasteiger partial charge on any atom is -0.368 e. The number of piperazine rings is 1. The third kappa shape index (κ3) is 3.53. The molecule has 132 valence electrons. The average Bonchev–Trinajstić information content (AvgIpc) is 3.00. The molecule has 1 aliphatic carbocycles. The van der Waals surface area contributed by atoms with Crippen molar-refractivity contribution in [1.29, 1.82) is 0 Å². The van der Waals surface area contributed by atoms with E-state index in [0.717, 1.165) is 61.2 Å². The first-order valence-electron chi connectivity index (χ1n) is 8.84. The van der Waals surface area contributed by atoms with Crippen LogP contribution in [0.1, 0.15) is 22.0 Å². The molecule has 2 aromatic rings. The standard InChI is InChI=1S/C19H22ClN3OS/c1-13-21-17-6-5-14(11-18(17)25-13)19(24)23-9-7-22(8-10-23)16-4-2-3-15(20)12-16/h2-4,12,14H,5-11H2,1H3. The Morgan fingerprint density at radius 2 is 2.08 bits per heavy atom. The van der Waals surface area contributed by atoms with Gasteiger partial charge in [0.2, 0.25) is 5.91 Å². The molecule has 1 saturated heterocycles. The highest BCUT2D eigenvalue weighted by Crippen LogP contribution is 2.31. The third-order valence-corrected chi connectivity index (χ3v) is 6.43. The highest BCUT2D eigenvalue weighted by atomic mass is 35.5. The Labute approximate surface area is 157 Å².